The van der Waals surface area contributed by atoms with Crippen molar-refractivity contribution in [2.45, 2.75) is 24.6 Å². The Bertz CT molecular complexity index is 454. The fraction of sp³-hybridized carbons (Fsp3) is 0.750. The van der Waals surface area contributed by atoms with Gasteiger partial charge in [-0.05, 0) is 13.3 Å². The molecule has 0 saturated carbocycles. The number of H-pyrrole nitrogens is 1. The van der Waals surface area contributed by atoms with Crippen molar-refractivity contribution in [3.8, 4) is 0 Å². The van der Waals surface area contributed by atoms with E-state index in [1.165, 1.54) is 0 Å². The van der Waals surface area contributed by atoms with Crippen LogP contribution in [0.3, 0.4) is 0 Å². The topological polar surface area (TPSA) is 75.7 Å². The quantitative estimate of drug-likeness (QED) is 0.794. The van der Waals surface area contributed by atoms with Gasteiger partial charge in [0.1, 0.15) is 5.82 Å². The van der Waals surface area contributed by atoms with E-state index >= 15 is 0 Å². The lowest BCUT2D eigenvalue weighted by molar-refractivity contribution is 0.601. The first kappa shape index (κ1) is 10.9. The van der Waals surface area contributed by atoms with Gasteiger partial charge in [-0.15, -0.1) is 11.6 Å². The highest BCUT2D eigenvalue weighted by Crippen LogP contribution is 2.27. The number of rotatable bonds is 2. The van der Waals surface area contributed by atoms with E-state index in [4.69, 9.17) is 11.6 Å². The molecule has 0 radical (unpaired) electrons. The van der Waals surface area contributed by atoms with Crippen LogP contribution in [0.15, 0.2) is 0 Å². The van der Waals surface area contributed by atoms with Crippen molar-refractivity contribution in [3.63, 3.8) is 0 Å². The Morgan fingerprint density at radius 1 is 1.60 bits per heavy atom. The van der Waals surface area contributed by atoms with Gasteiger partial charge in [-0.25, -0.2) is 13.4 Å². The highest BCUT2D eigenvalue weighted by molar-refractivity contribution is 7.91. The maximum atomic E-state index is 11.3. The Morgan fingerprint density at radius 2 is 2.33 bits per heavy atom. The van der Waals surface area contributed by atoms with Gasteiger partial charge in [-0.1, -0.05) is 0 Å². The summed E-state index contributed by atoms with van der Waals surface area (Å²) in [6.45, 7) is 1.78. The van der Waals surface area contributed by atoms with Crippen LogP contribution in [0.2, 0.25) is 0 Å². The number of alkyl halides is 1. The molecule has 1 aliphatic heterocycles. The predicted octanol–water partition coefficient (Wildman–Crippen LogP) is 1.01. The molecule has 1 saturated heterocycles. The van der Waals surface area contributed by atoms with Gasteiger partial charge in [-0.2, -0.15) is 5.10 Å². The molecule has 1 aromatic heterocycles. The number of hydrogen-bond acceptors (Lipinski definition) is 4. The largest absolute Gasteiger partial charge is 0.263 e. The lowest BCUT2D eigenvalue weighted by Crippen LogP contribution is -2.05. The Morgan fingerprint density at radius 3 is 2.80 bits per heavy atom. The zero-order chi connectivity index (χ0) is 11.1. The van der Waals surface area contributed by atoms with Gasteiger partial charge >= 0.3 is 0 Å². The van der Waals surface area contributed by atoms with Crippen molar-refractivity contribution in [2.24, 2.45) is 0 Å². The van der Waals surface area contributed by atoms with Gasteiger partial charge in [0.05, 0.1) is 16.9 Å². The smallest absolute Gasteiger partial charge is 0.168 e. The summed E-state index contributed by atoms with van der Waals surface area (Å²) in [6, 6.07) is 0. The number of aromatic amines is 1. The molecule has 0 aromatic carbocycles. The summed E-state index contributed by atoms with van der Waals surface area (Å²) in [4.78, 5) is 4.19. The van der Waals surface area contributed by atoms with Crippen molar-refractivity contribution in [1.82, 2.24) is 15.2 Å². The molecule has 5 nitrogen and oxygen atoms in total. The number of nitrogens with zero attached hydrogens (tertiary/aromatic N) is 2. The third-order valence-corrected chi connectivity index (χ3v) is 4.46. The molecule has 2 heterocycles. The molecule has 2 unspecified atom stereocenters. The van der Waals surface area contributed by atoms with E-state index in [1.807, 2.05) is 0 Å². The zero-order valence-electron chi connectivity index (χ0n) is 8.27. The van der Waals surface area contributed by atoms with E-state index in [1.54, 1.807) is 6.92 Å². The van der Waals surface area contributed by atoms with Gasteiger partial charge in [-0.3, -0.25) is 5.10 Å². The Hall–Kier alpha value is -0.620. The van der Waals surface area contributed by atoms with Gasteiger partial charge in [0, 0.05) is 5.92 Å². The van der Waals surface area contributed by atoms with E-state index in [-0.39, 0.29) is 22.8 Å². The summed E-state index contributed by atoms with van der Waals surface area (Å²) in [7, 11) is -2.88. The standard InChI is InChI=1S/C8H12ClN3O2S/c1-5(9)7-10-8(12-11-7)6-2-3-15(13,14)4-6/h5-6H,2-4H2,1H3,(H,10,11,12). The number of hydrogen-bond donors (Lipinski definition) is 1. The summed E-state index contributed by atoms with van der Waals surface area (Å²) in [5.41, 5.74) is 0. The number of aromatic nitrogens is 3. The van der Waals surface area contributed by atoms with Gasteiger partial charge in [0.2, 0.25) is 0 Å². The van der Waals surface area contributed by atoms with E-state index < -0.39 is 9.84 Å². The second-order valence-corrected chi connectivity index (χ2v) is 6.68. The molecule has 15 heavy (non-hydrogen) atoms. The van der Waals surface area contributed by atoms with E-state index in [2.05, 4.69) is 15.2 Å². The van der Waals surface area contributed by atoms with Gasteiger partial charge in [0.15, 0.2) is 15.7 Å². The summed E-state index contributed by atoms with van der Waals surface area (Å²) >= 11 is 5.82. The van der Waals surface area contributed by atoms with Crippen LogP contribution < -0.4 is 0 Å². The molecular weight excluding hydrogens is 238 g/mol. The molecule has 0 bridgehead atoms. The van der Waals surface area contributed by atoms with Crippen LogP contribution in [0.1, 0.15) is 36.3 Å². The van der Waals surface area contributed by atoms with Gasteiger partial charge in [0.25, 0.3) is 0 Å². The minimum atomic E-state index is -2.88. The molecule has 1 aromatic rings. The molecule has 1 N–H and O–H groups in total. The molecule has 2 rings (SSSR count). The Kier molecular flexibility index (Phi) is 2.72. The second kappa shape index (κ2) is 3.75. The van der Waals surface area contributed by atoms with Crippen molar-refractivity contribution in [3.05, 3.63) is 11.6 Å². The SMILES string of the molecule is CC(Cl)c1n[nH]c(C2CCS(=O)(=O)C2)n1. The summed E-state index contributed by atoms with van der Waals surface area (Å²) in [5, 5.41) is 6.45. The highest BCUT2D eigenvalue weighted by atomic mass is 35.5. The van der Waals surface area contributed by atoms with Crippen molar-refractivity contribution in [1.29, 1.82) is 0 Å². The Balaban J connectivity index is 2.17. The third kappa shape index (κ3) is 2.31. The van der Waals surface area contributed by atoms with Crippen LogP contribution in [0, 0.1) is 0 Å². The van der Waals surface area contributed by atoms with Crippen molar-refractivity contribution < 1.29 is 8.42 Å². The lowest BCUT2D eigenvalue weighted by Gasteiger charge is -2.00. The number of sulfone groups is 1. The first-order chi connectivity index (χ1) is 6.98. The van der Waals surface area contributed by atoms with Crippen molar-refractivity contribution >= 4 is 21.4 Å². The van der Waals surface area contributed by atoms with Crippen LogP contribution in [0.5, 0.6) is 0 Å². The average molecular weight is 250 g/mol. The summed E-state index contributed by atoms with van der Waals surface area (Å²) in [6.07, 6.45) is 0.619. The molecule has 0 spiro atoms. The molecule has 1 aliphatic rings. The normalized spacial score (nSPS) is 26.7. The highest BCUT2D eigenvalue weighted by Gasteiger charge is 2.31. The maximum absolute atomic E-state index is 11.3. The number of nitrogens with one attached hydrogen (secondary N) is 1. The molecule has 1 fully saturated rings. The third-order valence-electron chi connectivity index (χ3n) is 2.49. The minimum absolute atomic E-state index is 0.0494. The Labute approximate surface area is 93.2 Å². The zero-order valence-corrected chi connectivity index (χ0v) is 9.85. The maximum Gasteiger partial charge on any atom is 0.168 e. The molecule has 2 atom stereocenters. The minimum Gasteiger partial charge on any atom is -0.263 e. The lowest BCUT2D eigenvalue weighted by atomic mass is 10.1. The first-order valence-electron chi connectivity index (χ1n) is 4.74. The predicted molar refractivity (Wildman–Crippen MR) is 56.7 cm³/mol. The first-order valence-corrected chi connectivity index (χ1v) is 7.00. The van der Waals surface area contributed by atoms with Crippen molar-refractivity contribution in [2.75, 3.05) is 11.5 Å². The fourth-order valence-corrected chi connectivity index (χ4v) is 3.50. The molecule has 7 heteroatoms. The summed E-state index contributed by atoms with van der Waals surface area (Å²) < 4.78 is 22.5. The monoisotopic (exact) mass is 249 g/mol. The van der Waals surface area contributed by atoms with Crippen LogP contribution in [-0.2, 0) is 9.84 Å². The van der Waals surface area contributed by atoms with E-state index in [9.17, 15) is 8.42 Å². The number of halogens is 1. The van der Waals surface area contributed by atoms with Crippen LogP contribution in [0.4, 0.5) is 0 Å². The van der Waals surface area contributed by atoms with E-state index in [0.717, 1.165) is 0 Å². The molecule has 0 amide bonds. The molecular formula is C8H12ClN3O2S. The molecule has 84 valence electrons. The molecule has 0 aliphatic carbocycles. The second-order valence-electron chi connectivity index (χ2n) is 3.79. The average Bonchev–Trinajstić information content (AvgIpc) is 2.70. The van der Waals surface area contributed by atoms with Crippen LogP contribution in [0.25, 0.3) is 0 Å². The summed E-state index contributed by atoms with van der Waals surface area (Å²) in [5.74, 6) is 1.52. The van der Waals surface area contributed by atoms with Crippen LogP contribution in [-0.4, -0.2) is 35.1 Å². The van der Waals surface area contributed by atoms with Crippen LogP contribution >= 0.6 is 11.6 Å². The van der Waals surface area contributed by atoms with Gasteiger partial charge < -0.3 is 0 Å². The fourth-order valence-electron chi connectivity index (χ4n) is 1.66. The van der Waals surface area contributed by atoms with E-state index in [0.29, 0.717) is 18.1 Å².